The first-order valence-corrected chi connectivity index (χ1v) is 11.6. The molecule has 4 aromatic rings. The number of hydrogen-bond acceptors (Lipinski definition) is 7. The Morgan fingerprint density at radius 3 is 2.84 bits per heavy atom. The fraction of sp³-hybridized carbons (Fsp3) is 0.192. The van der Waals surface area contributed by atoms with Gasteiger partial charge in [-0.05, 0) is 24.3 Å². The van der Waals surface area contributed by atoms with Gasteiger partial charge in [0, 0.05) is 42.7 Å². The van der Waals surface area contributed by atoms with Gasteiger partial charge in [0.1, 0.15) is 6.61 Å². The highest BCUT2D eigenvalue weighted by Crippen LogP contribution is 2.43. The number of halogens is 1. The van der Waals surface area contributed by atoms with Crippen molar-refractivity contribution in [2.75, 3.05) is 31.3 Å². The second kappa shape index (κ2) is 10.1. The Morgan fingerprint density at radius 1 is 1.16 bits per heavy atom. The van der Waals surface area contributed by atoms with E-state index in [2.05, 4.69) is 20.6 Å². The fourth-order valence-electron chi connectivity index (χ4n) is 4.36. The number of anilines is 3. The van der Waals surface area contributed by atoms with Crippen molar-refractivity contribution in [1.29, 1.82) is 0 Å². The van der Waals surface area contributed by atoms with Gasteiger partial charge >= 0.3 is 0 Å². The lowest BCUT2D eigenvalue weighted by Gasteiger charge is -2.17. The molecule has 0 radical (unpaired) electrons. The summed E-state index contributed by atoms with van der Waals surface area (Å²) in [5.74, 6) is -0.367. The van der Waals surface area contributed by atoms with Crippen molar-refractivity contribution < 1.29 is 18.7 Å². The van der Waals surface area contributed by atoms with E-state index < -0.39 is 5.82 Å². The molecule has 0 unspecified atom stereocenters. The summed E-state index contributed by atoms with van der Waals surface area (Å²) in [6, 6.07) is 11.1. The Labute approximate surface area is 211 Å². The predicted molar refractivity (Wildman–Crippen MR) is 137 cm³/mol. The Balaban J connectivity index is 1.57. The third kappa shape index (κ3) is 4.58. The standard InChI is InChI=1S/C26H25FN6O4/c1-36-24-16(27)5-4-6-18(24)32-22-20-17(9-11-30-26(20)35)31-21(22)15-8-10-29-25(28)23(15)37-14-13-33-12-3-2-7-19(33)34/h2-8,10,12,31-32H,9,11,13-14H2,1H3,(H2,28,29)(H,30,35). The first kappa shape index (κ1) is 23.9. The molecule has 5 rings (SSSR count). The number of para-hydroxylation sites is 1. The van der Waals surface area contributed by atoms with Crippen molar-refractivity contribution >= 4 is 23.1 Å². The van der Waals surface area contributed by atoms with Crippen LogP contribution in [0.4, 0.5) is 21.6 Å². The average molecular weight is 505 g/mol. The van der Waals surface area contributed by atoms with E-state index in [1.807, 2.05) is 0 Å². The van der Waals surface area contributed by atoms with Crippen molar-refractivity contribution in [3.63, 3.8) is 0 Å². The van der Waals surface area contributed by atoms with E-state index in [0.717, 1.165) is 0 Å². The molecule has 4 heterocycles. The first-order valence-electron chi connectivity index (χ1n) is 11.6. The van der Waals surface area contributed by atoms with Gasteiger partial charge in [-0.25, -0.2) is 9.37 Å². The van der Waals surface area contributed by atoms with Crippen molar-refractivity contribution in [3.05, 3.63) is 82.3 Å². The molecule has 37 heavy (non-hydrogen) atoms. The molecule has 5 N–H and O–H groups in total. The number of carbonyl (C=O) groups is 1. The first-order chi connectivity index (χ1) is 18.0. The van der Waals surface area contributed by atoms with Gasteiger partial charge in [-0.15, -0.1) is 0 Å². The molecule has 0 saturated carbocycles. The van der Waals surface area contributed by atoms with Crippen LogP contribution in [0.15, 0.2) is 59.7 Å². The van der Waals surface area contributed by atoms with Gasteiger partial charge in [0.05, 0.1) is 36.3 Å². The number of aromatic nitrogens is 3. The second-order valence-electron chi connectivity index (χ2n) is 8.33. The number of H-pyrrole nitrogens is 1. The second-order valence-corrected chi connectivity index (χ2v) is 8.33. The number of nitrogens with two attached hydrogens (primary N) is 1. The Hall–Kier alpha value is -4.80. The zero-order valence-electron chi connectivity index (χ0n) is 20.0. The third-order valence-electron chi connectivity index (χ3n) is 6.08. The van der Waals surface area contributed by atoms with E-state index in [1.54, 1.807) is 36.5 Å². The number of rotatable bonds is 8. The lowest BCUT2D eigenvalue weighted by Crippen LogP contribution is -2.31. The molecular weight excluding hydrogens is 479 g/mol. The number of nitrogens with zero attached hydrogens (tertiary/aromatic N) is 2. The van der Waals surface area contributed by atoms with Crippen LogP contribution in [-0.4, -0.2) is 40.7 Å². The summed E-state index contributed by atoms with van der Waals surface area (Å²) in [5, 5.41) is 6.03. The molecule has 0 saturated heterocycles. The van der Waals surface area contributed by atoms with Crippen LogP contribution in [0.1, 0.15) is 16.1 Å². The van der Waals surface area contributed by atoms with Gasteiger partial charge in [-0.3, -0.25) is 9.59 Å². The molecule has 190 valence electrons. The quantitative estimate of drug-likeness (QED) is 0.290. The maximum atomic E-state index is 14.4. The molecule has 1 aliphatic rings. The van der Waals surface area contributed by atoms with Crippen LogP contribution in [0.2, 0.25) is 0 Å². The Kier molecular flexibility index (Phi) is 6.50. The molecule has 11 heteroatoms. The molecule has 10 nitrogen and oxygen atoms in total. The summed E-state index contributed by atoms with van der Waals surface area (Å²) in [6.07, 6.45) is 3.78. The Bertz CT molecular complexity index is 1530. The van der Waals surface area contributed by atoms with E-state index in [-0.39, 0.29) is 29.6 Å². The minimum absolute atomic E-state index is 0.0126. The van der Waals surface area contributed by atoms with Gasteiger partial charge in [0.25, 0.3) is 11.5 Å². The van der Waals surface area contributed by atoms with Gasteiger partial charge in [0.2, 0.25) is 0 Å². The minimum Gasteiger partial charge on any atom is -0.492 e. The van der Waals surface area contributed by atoms with E-state index in [0.29, 0.717) is 59.1 Å². The van der Waals surface area contributed by atoms with E-state index in [9.17, 15) is 14.0 Å². The molecule has 1 aromatic carbocycles. The van der Waals surface area contributed by atoms with Gasteiger partial charge in [-0.2, -0.15) is 0 Å². The Morgan fingerprint density at radius 2 is 2.03 bits per heavy atom. The number of carbonyl (C=O) groups excluding carboxylic acids is 1. The number of nitrogens with one attached hydrogen (secondary N) is 3. The number of nitrogen functional groups attached to an aromatic ring is 1. The van der Waals surface area contributed by atoms with E-state index in [4.69, 9.17) is 15.2 Å². The normalized spacial score (nSPS) is 12.5. The number of amides is 1. The molecule has 0 spiro atoms. The van der Waals surface area contributed by atoms with Crippen molar-refractivity contribution in [3.8, 4) is 22.8 Å². The van der Waals surface area contributed by atoms with E-state index >= 15 is 0 Å². The minimum atomic E-state index is -0.545. The zero-order valence-corrected chi connectivity index (χ0v) is 20.0. The number of methoxy groups -OCH3 is 1. The van der Waals surface area contributed by atoms with Crippen LogP contribution in [0.25, 0.3) is 11.3 Å². The summed E-state index contributed by atoms with van der Waals surface area (Å²) >= 11 is 0. The van der Waals surface area contributed by atoms with Gasteiger partial charge < -0.3 is 35.4 Å². The maximum Gasteiger partial charge on any atom is 0.255 e. The number of fused-ring (bicyclic) bond motifs is 1. The van der Waals surface area contributed by atoms with Crippen LogP contribution in [0.3, 0.4) is 0 Å². The number of aromatic amines is 1. The monoisotopic (exact) mass is 504 g/mol. The summed E-state index contributed by atoms with van der Waals surface area (Å²) in [4.78, 5) is 32.4. The topological polar surface area (TPSA) is 136 Å². The number of benzene rings is 1. The van der Waals surface area contributed by atoms with Crippen LogP contribution in [0.5, 0.6) is 11.5 Å². The van der Waals surface area contributed by atoms with Crippen LogP contribution < -0.4 is 31.4 Å². The molecule has 0 bridgehead atoms. The summed E-state index contributed by atoms with van der Waals surface area (Å²) in [5.41, 5.74) is 9.01. The summed E-state index contributed by atoms with van der Waals surface area (Å²) in [6.45, 7) is 0.916. The summed E-state index contributed by atoms with van der Waals surface area (Å²) in [7, 11) is 1.37. The van der Waals surface area contributed by atoms with Gasteiger partial charge in [0.15, 0.2) is 23.1 Å². The third-order valence-corrected chi connectivity index (χ3v) is 6.08. The molecule has 0 aliphatic carbocycles. The SMILES string of the molecule is COc1c(F)cccc1Nc1c(-c2ccnc(N)c2OCCn2ccccc2=O)[nH]c2c1C(=O)NCC2. The fourth-order valence-corrected chi connectivity index (χ4v) is 4.36. The predicted octanol–water partition coefficient (Wildman–Crippen LogP) is 3.08. The molecule has 0 atom stereocenters. The van der Waals surface area contributed by atoms with Crippen molar-refractivity contribution in [2.45, 2.75) is 13.0 Å². The summed E-state index contributed by atoms with van der Waals surface area (Å²) < 4.78 is 27.2. The molecule has 0 fully saturated rings. The highest BCUT2D eigenvalue weighted by atomic mass is 19.1. The van der Waals surface area contributed by atoms with Crippen LogP contribution >= 0.6 is 0 Å². The molecule has 1 amide bonds. The van der Waals surface area contributed by atoms with Crippen LogP contribution in [0, 0.1) is 5.82 Å². The number of pyridine rings is 2. The highest BCUT2D eigenvalue weighted by molar-refractivity contribution is 6.06. The van der Waals surface area contributed by atoms with Gasteiger partial charge in [-0.1, -0.05) is 12.1 Å². The maximum absolute atomic E-state index is 14.4. The highest BCUT2D eigenvalue weighted by Gasteiger charge is 2.29. The van der Waals surface area contributed by atoms with Crippen LogP contribution in [-0.2, 0) is 13.0 Å². The lowest BCUT2D eigenvalue weighted by molar-refractivity contribution is 0.0947. The number of hydrogen-bond donors (Lipinski definition) is 4. The largest absolute Gasteiger partial charge is 0.492 e. The zero-order chi connectivity index (χ0) is 25.9. The number of ether oxygens (including phenoxy) is 2. The van der Waals surface area contributed by atoms with Crippen molar-refractivity contribution in [2.24, 2.45) is 0 Å². The molecular formula is C26H25FN6O4. The average Bonchev–Trinajstić information content (AvgIpc) is 3.25. The smallest absolute Gasteiger partial charge is 0.255 e. The lowest BCUT2D eigenvalue weighted by atomic mass is 10.0. The van der Waals surface area contributed by atoms with E-state index in [1.165, 1.54) is 30.0 Å². The molecule has 1 aliphatic heterocycles. The molecule has 3 aromatic heterocycles. The van der Waals surface area contributed by atoms with Crippen molar-refractivity contribution in [1.82, 2.24) is 19.9 Å².